The molecule has 1 spiro atoms. The molecule has 0 aromatic carbocycles. The van der Waals surface area contributed by atoms with E-state index in [1.807, 2.05) is 11.8 Å². The summed E-state index contributed by atoms with van der Waals surface area (Å²) in [6.45, 7) is 1.62. The maximum Gasteiger partial charge on any atom is 0.157 e. The standard InChI is InChI=1S/C14H24N2OS/c1-2-6-12(5-1)17-10-9-15-13-16-14(11-18-13)7-3-4-8-14/h12H,1-11H2,(H,15,16). The number of hydrogen-bond acceptors (Lipinski definition) is 3. The number of ether oxygens (including phenoxy) is 1. The number of nitrogens with zero attached hydrogens (tertiary/aromatic N) is 1. The molecule has 2 saturated carbocycles. The van der Waals surface area contributed by atoms with Gasteiger partial charge in [0, 0.05) is 11.3 Å². The van der Waals surface area contributed by atoms with Crippen molar-refractivity contribution in [2.24, 2.45) is 4.99 Å². The highest BCUT2D eigenvalue weighted by molar-refractivity contribution is 8.14. The van der Waals surface area contributed by atoms with Gasteiger partial charge in [0.25, 0.3) is 0 Å². The molecule has 0 radical (unpaired) electrons. The summed E-state index contributed by atoms with van der Waals surface area (Å²) in [4.78, 5) is 4.65. The molecule has 3 nitrogen and oxygen atoms in total. The number of amidine groups is 1. The number of aliphatic imine (C=N–C) groups is 1. The molecule has 1 aliphatic heterocycles. The zero-order valence-corrected chi connectivity index (χ0v) is 11.9. The van der Waals surface area contributed by atoms with Crippen molar-refractivity contribution in [1.29, 1.82) is 0 Å². The van der Waals surface area contributed by atoms with Crippen LogP contribution in [-0.4, -0.2) is 35.7 Å². The van der Waals surface area contributed by atoms with Crippen LogP contribution in [0.1, 0.15) is 51.4 Å². The van der Waals surface area contributed by atoms with Gasteiger partial charge in [0.05, 0.1) is 19.3 Å². The van der Waals surface area contributed by atoms with E-state index < -0.39 is 0 Å². The van der Waals surface area contributed by atoms with Gasteiger partial charge in [-0.25, -0.2) is 0 Å². The van der Waals surface area contributed by atoms with E-state index in [0.29, 0.717) is 11.6 Å². The zero-order chi connectivity index (χ0) is 12.3. The summed E-state index contributed by atoms with van der Waals surface area (Å²) in [5, 5.41) is 4.81. The van der Waals surface area contributed by atoms with E-state index in [2.05, 4.69) is 10.3 Å². The van der Waals surface area contributed by atoms with Crippen molar-refractivity contribution in [3.05, 3.63) is 0 Å². The molecule has 4 heteroatoms. The van der Waals surface area contributed by atoms with Gasteiger partial charge in [-0.05, 0) is 25.7 Å². The summed E-state index contributed by atoms with van der Waals surface area (Å²) in [7, 11) is 0. The van der Waals surface area contributed by atoms with E-state index in [-0.39, 0.29) is 0 Å². The van der Waals surface area contributed by atoms with Crippen LogP contribution in [-0.2, 0) is 4.74 Å². The van der Waals surface area contributed by atoms with Gasteiger partial charge in [0.2, 0.25) is 0 Å². The second-order valence-electron chi connectivity index (χ2n) is 5.87. The monoisotopic (exact) mass is 268 g/mol. The minimum Gasteiger partial charge on any atom is -0.376 e. The molecule has 18 heavy (non-hydrogen) atoms. The largest absolute Gasteiger partial charge is 0.376 e. The lowest BCUT2D eigenvalue weighted by Gasteiger charge is -2.21. The van der Waals surface area contributed by atoms with Crippen molar-refractivity contribution in [3.63, 3.8) is 0 Å². The van der Waals surface area contributed by atoms with Crippen LogP contribution >= 0.6 is 11.8 Å². The molecule has 1 heterocycles. The third kappa shape index (κ3) is 3.02. The van der Waals surface area contributed by atoms with Crippen molar-refractivity contribution in [1.82, 2.24) is 5.32 Å². The van der Waals surface area contributed by atoms with Gasteiger partial charge >= 0.3 is 0 Å². The van der Waals surface area contributed by atoms with Crippen molar-refractivity contribution in [2.45, 2.75) is 63.0 Å². The molecule has 3 fully saturated rings. The first-order valence-corrected chi connectivity index (χ1v) is 8.42. The normalized spacial score (nSPS) is 29.4. The van der Waals surface area contributed by atoms with Crippen LogP contribution in [0.2, 0.25) is 0 Å². The summed E-state index contributed by atoms with van der Waals surface area (Å²) >= 11 is 1.90. The highest BCUT2D eigenvalue weighted by Crippen LogP contribution is 2.37. The fourth-order valence-corrected chi connectivity index (χ4v) is 4.58. The van der Waals surface area contributed by atoms with E-state index in [4.69, 9.17) is 4.74 Å². The first kappa shape index (κ1) is 12.8. The van der Waals surface area contributed by atoms with Crippen LogP contribution in [0.25, 0.3) is 0 Å². The van der Waals surface area contributed by atoms with Crippen LogP contribution < -0.4 is 5.32 Å². The summed E-state index contributed by atoms with van der Waals surface area (Å²) in [6.07, 6.45) is 11.2. The molecule has 1 N–H and O–H groups in total. The molecule has 0 bridgehead atoms. The third-order valence-electron chi connectivity index (χ3n) is 4.42. The second-order valence-corrected chi connectivity index (χ2v) is 6.83. The first-order chi connectivity index (χ1) is 8.86. The highest BCUT2D eigenvalue weighted by Gasteiger charge is 2.39. The Morgan fingerprint density at radius 3 is 2.78 bits per heavy atom. The van der Waals surface area contributed by atoms with Crippen LogP contribution in [0.15, 0.2) is 4.99 Å². The number of rotatable bonds is 4. The second kappa shape index (κ2) is 5.83. The molecular formula is C14H24N2OS. The Morgan fingerprint density at radius 2 is 2.00 bits per heavy atom. The fraction of sp³-hybridized carbons (Fsp3) is 0.929. The maximum atomic E-state index is 5.84. The van der Waals surface area contributed by atoms with Crippen molar-refractivity contribution in [3.8, 4) is 0 Å². The number of thioether (sulfide) groups is 1. The Balaban J connectivity index is 1.38. The maximum absolute atomic E-state index is 5.84. The van der Waals surface area contributed by atoms with E-state index in [1.54, 1.807) is 0 Å². The molecule has 3 aliphatic rings. The van der Waals surface area contributed by atoms with Gasteiger partial charge in [-0.3, -0.25) is 4.99 Å². The summed E-state index contributed by atoms with van der Waals surface area (Å²) < 4.78 is 5.84. The Labute approximate surface area is 114 Å². The highest BCUT2D eigenvalue weighted by atomic mass is 32.2. The van der Waals surface area contributed by atoms with Crippen molar-refractivity contribution in [2.75, 3.05) is 18.9 Å². The lowest BCUT2D eigenvalue weighted by atomic mass is 10.0. The molecule has 0 amide bonds. The Morgan fingerprint density at radius 1 is 1.22 bits per heavy atom. The lowest BCUT2D eigenvalue weighted by molar-refractivity contribution is 0.0643. The molecule has 102 valence electrons. The Kier molecular flexibility index (Phi) is 4.14. The summed E-state index contributed by atoms with van der Waals surface area (Å²) in [6, 6.07) is 0. The Bertz CT molecular complexity index is 307. The SMILES string of the molecule is C1CCC(OCCN=C2NC3(CCCC3)CS2)C1. The van der Waals surface area contributed by atoms with Gasteiger partial charge in [-0.15, -0.1) is 0 Å². The number of hydrogen-bond donors (Lipinski definition) is 1. The zero-order valence-electron chi connectivity index (χ0n) is 11.1. The molecular weight excluding hydrogens is 244 g/mol. The quantitative estimate of drug-likeness (QED) is 0.796. The van der Waals surface area contributed by atoms with Gasteiger partial charge < -0.3 is 10.1 Å². The van der Waals surface area contributed by atoms with E-state index in [0.717, 1.165) is 18.3 Å². The average Bonchev–Trinajstić information content (AvgIpc) is 3.10. The molecule has 0 aromatic heterocycles. The van der Waals surface area contributed by atoms with Crippen LogP contribution in [0.3, 0.4) is 0 Å². The van der Waals surface area contributed by atoms with Crippen LogP contribution in [0.4, 0.5) is 0 Å². The van der Waals surface area contributed by atoms with Gasteiger partial charge in [-0.1, -0.05) is 37.4 Å². The molecule has 0 aromatic rings. The van der Waals surface area contributed by atoms with E-state index in [1.165, 1.54) is 57.1 Å². The summed E-state index contributed by atoms with van der Waals surface area (Å²) in [5.41, 5.74) is 0.399. The van der Waals surface area contributed by atoms with Crippen LogP contribution in [0, 0.1) is 0 Å². The minimum atomic E-state index is 0.399. The molecule has 0 atom stereocenters. The van der Waals surface area contributed by atoms with Crippen molar-refractivity contribution < 1.29 is 4.74 Å². The first-order valence-electron chi connectivity index (χ1n) is 7.43. The molecule has 0 unspecified atom stereocenters. The third-order valence-corrected chi connectivity index (χ3v) is 5.62. The van der Waals surface area contributed by atoms with E-state index in [9.17, 15) is 0 Å². The Hall–Kier alpha value is -0.220. The molecule has 3 rings (SSSR count). The van der Waals surface area contributed by atoms with Gasteiger partial charge in [-0.2, -0.15) is 0 Å². The molecule has 1 saturated heterocycles. The topological polar surface area (TPSA) is 33.6 Å². The van der Waals surface area contributed by atoms with Gasteiger partial charge in [0.15, 0.2) is 5.17 Å². The fourth-order valence-electron chi connectivity index (χ4n) is 3.33. The predicted molar refractivity (Wildman–Crippen MR) is 77.3 cm³/mol. The smallest absolute Gasteiger partial charge is 0.157 e. The van der Waals surface area contributed by atoms with E-state index >= 15 is 0 Å². The van der Waals surface area contributed by atoms with Crippen molar-refractivity contribution >= 4 is 16.9 Å². The minimum absolute atomic E-state index is 0.399. The van der Waals surface area contributed by atoms with Crippen LogP contribution in [0.5, 0.6) is 0 Å². The number of nitrogens with one attached hydrogen (secondary N) is 1. The average molecular weight is 268 g/mol. The molecule has 2 aliphatic carbocycles. The van der Waals surface area contributed by atoms with Gasteiger partial charge in [0.1, 0.15) is 0 Å². The summed E-state index contributed by atoms with van der Waals surface area (Å²) in [5.74, 6) is 1.22. The predicted octanol–water partition coefficient (Wildman–Crippen LogP) is 2.95. The lowest BCUT2D eigenvalue weighted by Crippen LogP contribution is -2.40.